The standard InChI is InChI=1S/C25H14ClF5N4O2/c26-19-2-1-15(27)8-17(19)22-21-18(24(37)35-22)5-11(13-9-32-33-10-13)6-20(21)34-23(36)12-3-14(25(29,30)31)7-16(28)4-12/h1-10,22H,(H,32,33)(H,34,36)(H,35,37)/t22-/m1/s1. The number of aromatic amines is 1. The first kappa shape index (κ1) is 24.4. The Morgan fingerprint density at radius 1 is 1.00 bits per heavy atom. The molecule has 5 rings (SSSR count). The lowest BCUT2D eigenvalue weighted by Crippen LogP contribution is -2.21. The average Bonchev–Trinajstić information content (AvgIpc) is 3.48. The van der Waals surface area contributed by atoms with Crippen molar-refractivity contribution in [3.8, 4) is 11.1 Å². The lowest BCUT2D eigenvalue weighted by atomic mass is 9.93. The van der Waals surface area contributed by atoms with E-state index in [-0.39, 0.29) is 33.5 Å². The highest BCUT2D eigenvalue weighted by atomic mass is 35.5. The molecule has 0 fully saturated rings. The van der Waals surface area contributed by atoms with Crippen molar-refractivity contribution in [2.45, 2.75) is 12.2 Å². The first-order chi connectivity index (χ1) is 17.5. The molecule has 1 aromatic heterocycles. The molecule has 0 saturated heterocycles. The molecule has 1 aliphatic rings. The van der Waals surface area contributed by atoms with E-state index < -0.39 is 46.8 Å². The quantitative estimate of drug-likeness (QED) is 0.277. The van der Waals surface area contributed by atoms with E-state index in [4.69, 9.17) is 11.6 Å². The summed E-state index contributed by atoms with van der Waals surface area (Å²) in [6.45, 7) is 0. The number of aromatic nitrogens is 2. The van der Waals surface area contributed by atoms with Crippen LogP contribution in [0, 0.1) is 11.6 Å². The highest BCUT2D eigenvalue weighted by Gasteiger charge is 2.36. The van der Waals surface area contributed by atoms with E-state index in [1.54, 1.807) is 0 Å². The minimum atomic E-state index is -4.88. The maximum Gasteiger partial charge on any atom is 0.416 e. The van der Waals surface area contributed by atoms with Gasteiger partial charge in [0.05, 0.1) is 17.8 Å². The van der Waals surface area contributed by atoms with Gasteiger partial charge in [0.2, 0.25) is 0 Å². The fourth-order valence-electron chi connectivity index (χ4n) is 4.16. The normalized spacial score (nSPS) is 14.9. The van der Waals surface area contributed by atoms with Gasteiger partial charge in [0, 0.05) is 44.7 Å². The molecule has 188 valence electrons. The molecule has 3 aromatic carbocycles. The number of carbonyl (C=O) groups is 2. The van der Waals surface area contributed by atoms with Crippen molar-refractivity contribution >= 4 is 29.1 Å². The van der Waals surface area contributed by atoms with Gasteiger partial charge in [-0.15, -0.1) is 0 Å². The van der Waals surface area contributed by atoms with Crippen LogP contribution in [0.3, 0.4) is 0 Å². The first-order valence-electron chi connectivity index (χ1n) is 10.6. The Morgan fingerprint density at radius 2 is 1.78 bits per heavy atom. The molecular formula is C25H14ClF5N4O2. The van der Waals surface area contributed by atoms with Gasteiger partial charge in [-0.1, -0.05) is 11.6 Å². The van der Waals surface area contributed by atoms with Crippen molar-refractivity contribution in [3.05, 3.63) is 105 Å². The first-order valence-corrected chi connectivity index (χ1v) is 11.0. The van der Waals surface area contributed by atoms with E-state index in [1.807, 2.05) is 0 Å². The minimum Gasteiger partial charge on any atom is -0.341 e. The number of rotatable bonds is 4. The number of hydrogen-bond donors (Lipinski definition) is 3. The molecule has 1 aliphatic heterocycles. The van der Waals surface area contributed by atoms with Crippen molar-refractivity contribution in [3.63, 3.8) is 0 Å². The summed E-state index contributed by atoms with van der Waals surface area (Å²) < 4.78 is 67.6. The lowest BCUT2D eigenvalue weighted by Gasteiger charge is -2.19. The maximum atomic E-state index is 14.0. The molecule has 3 N–H and O–H groups in total. The molecular weight excluding hydrogens is 519 g/mol. The largest absolute Gasteiger partial charge is 0.416 e. The van der Waals surface area contributed by atoms with Gasteiger partial charge in [-0.3, -0.25) is 14.7 Å². The summed E-state index contributed by atoms with van der Waals surface area (Å²) in [5.41, 5.74) is -0.378. The fraction of sp³-hybridized carbons (Fsp3) is 0.0800. The van der Waals surface area contributed by atoms with Crippen LogP contribution in [0.5, 0.6) is 0 Å². The van der Waals surface area contributed by atoms with Crippen LogP contribution in [0.2, 0.25) is 5.02 Å². The van der Waals surface area contributed by atoms with Crippen LogP contribution in [-0.2, 0) is 6.18 Å². The number of nitrogens with one attached hydrogen (secondary N) is 3. The highest BCUT2D eigenvalue weighted by molar-refractivity contribution is 6.31. The molecule has 1 atom stereocenters. The Bertz CT molecular complexity index is 1550. The summed E-state index contributed by atoms with van der Waals surface area (Å²) in [6, 6.07) is 7.04. The van der Waals surface area contributed by atoms with Gasteiger partial charge in [0.1, 0.15) is 11.6 Å². The Labute approximate surface area is 210 Å². The van der Waals surface area contributed by atoms with Crippen molar-refractivity contribution in [2.24, 2.45) is 0 Å². The molecule has 0 spiro atoms. The zero-order valence-corrected chi connectivity index (χ0v) is 19.1. The van der Waals surface area contributed by atoms with Crippen LogP contribution in [-0.4, -0.2) is 22.0 Å². The predicted octanol–water partition coefficient (Wildman–Crippen LogP) is 6.11. The van der Waals surface area contributed by atoms with Crippen LogP contribution in [0.15, 0.2) is 60.9 Å². The summed E-state index contributed by atoms with van der Waals surface area (Å²) in [7, 11) is 0. The summed E-state index contributed by atoms with van der Waals surface area (Å²) in [5.74, 6) is -3.48. The smallest absolute Gasteiger partial charge is 0.341 e. The van der Waals surface area contributed by atoms with Gasteiger partial charge < -0.3 is 10.6 Å². The predicted molar refractivity (Wildman–Crippen MR) is 124 cm³/mol. The Kier molecular flexibility index (Phi) is 5.95. The van der Waals surface area contributed by atoms with Crippen molar-refractivity contribution in [1.29, 1.82) is 0 Å². The van der Waals surface area contributed by atoms with E-state index >= 15 is 0 Å². The number of benzene rings is 3. The minimum absolute atomic E-state index is 0.0280. The number of fused-ring (bicyclic) bond motifs is 1. The fourth-order valence-corrected chi connectivity index (χ4v) is 4.39. The second-order valence-corrected chi connectivity index (χ2v) is 8.63. The lowest BCUT2D eigenvalue weighted by molar-refractivity contribution is -0.137. The molecule has 0 saturated carbocycles. The third-order valence-corrected chi connectivity index (χ3v) is 6.17. The summed E-state index contributed by atoms with van der Waals surface area (Å²) in [6.07, 6.45) is -1.89. The van der Waals surface area contributed by atoms with Crippen LogP contribution in [0.1, 0.15) is 43.4 Å². The van der Waals surface area contributed by atoms with Crippen LogP contribution < -0.4 is 10.6 Å². The number of H-pyrrole nitrogens is 1. The van der Waals surface area contributed by atoms with Gasteiger partial charge in [-0.05, 0) is 54.1 Å². The number of anilines is 1. The number of halogens is 6. The van der Waals surface area contributed by atoms with E-state index in [1.165, 1.54) is 30.6 Å². The molecule has 6 nitrogen and oxygen atoms in total. The third kappa shape index (κ3) is 4.65. The summed E-state index contributed by atoms with van der Waals surface area (Å²) in [5, 5.41) is 11.8. The molecule has 4 aromatic rings. The molecule has 2 amide bonds. The second-order valence-electron chi connectivity index (χ2n) is 8.22. The van der Waals surface area contributed by atoms with E-state index in [2.05, 4.69) is 20.8 Å². The SMILES string of the molecule is O=C(Nc1cc(-c2cn[nH]c2)cc2c1[C@@H](c1cc(F)ccc1Cl)NC2=O)c1cc(F)cc(C(F)(F)F)c1. The molecule has 2 heterocycles. The number of hydrogen-bond acceptors (Lipinski definition) is 3. The van der Waals surface area contributed by atoms with Gasteiger partial charge in [0.25, 0.3) is 11.8 Å². The van der Waals surface area contributed by atoms with Crippen LogP contribution in [0.25, 0.3) is 11.1 Å². The zero-order valence-electron chi connectivity index (χ0n) is 18.4. The molecule has 0 radical (unpaired) electrons. The average molecular weight is 533 g/mol. The Balaban J connectivity index is 1.65. The third-order valence-electron chi connectivity index (χ3n) is 5.82. The topological polar surface area (TPSA) is 86.9 Å². The highest BCUT2D eigenvalue weighted by Crippen LogP contribution is 2.42. The number of alkyl halides is 3. The van der Waals surface area contributed by atoms with E-state index in [9.17, 15) is 31.5 Å². The molecule has 0 unspecified atom stereocenters. The van der Waals surface area contributed by atoms with Crippen molar-refractivity contribution < 1.29 is 31.5 Å². The van der Waals surface area contributed by atoms with Crippen LogP contribution in [0.4, 0.5) is 27.6 Å². The molecule has 0 bridgehead atoms. The van der Waals surface area contributed by atoms with Crippen LogP contribution >= 0.6 is 11.6 Å². The van der Waals surface area contributed by atoms with Gasteiger partial charge in [0.15, 0.2) is 0 Å². The summed E-state index contributed by atoms with van der Waals surface area (Å²) in [4.78, 5) is 26.0. The van der Waals surface area contributed by atoms with Crippen molar-refractivity contribution in [1.82, 2.24) is 15.5 Å². The van der Waals surface area contributed by atoms with E-state index in [0.29, 0.717) is 23.3 Å². The molecule has 12 heteroatoms. The van der Waals surface area contributed by atoms with Gasteiger partial charge >= 0.3 is 6.18 Å². The Hall–Kier alpha value is -4.25. The molecule has 0 aliphatic carbocycles. The monoisotopic (exact) mass is 532 g/mol. The molecule has 37 heavy (non-hydrogen) atoms. The number of carbonyl (C=O) groups excluding carboxylic acids is 2. The number of nitrogens with zero attached hydrogens (tertiary/aromatic N) is 1. The maximum absolute atomic E-state index is 14.0. The van der Waals surface area contributed by atoms with E-state index in [0.717, 1.165) is 12.1 Å². The van der Waals surface area contributed by atoms with Crippen molar-refractivity contribution in [2.75, 3.05) is 5.32 Å². The summed E-state index contributed by atoms with van der Waals surface area (Å²) >= 11 is 6.27. The van der Waals surface area contributed by atoms with Gasteiger partial charge in [-0.25, -0.2) is 8.78 Å². The zero-order chi connectivity index (χ0) is 26.5. The second kappa shape index (κ2) is 9.00. The van der Waals surface area contributed by atoms with Gasteiger partial charge in [-0.2, -0.15) is 18.3 Å². The number of amides is 2. The Morgan fingerprint density at radius 3 is 2.49 bits per heavy atom.